The van der Waals surface area contributed by atoms with E-state index in [4.69, 9.17) is 14.6 Å². The van der Waals surface area contributed by atoms with Crippen molar-refractivity contribution in [1.82, 2.24) is 4.90 Å². The highest BCUT2D eigenvalue weighted by molar-refractivity contribution is 6.01. The van der Waals surface area contributed by atoms with Crippen LogP contribution in [0.4, 0.5) is 0 Å². The smallest absolute Gasteiger partial charge is 0.327 e. The Morgan fingerprint density at radius 3 is 2.50 bits per heavy atom. The molecular formula is C9H13NO6. The third-order valence-corrected chi connectivity index (χ3v) is 2.18. The van der Waals surface area contributed by atoms with E-state index in [-0.39, 0.29) is 26.2 Å². The monoisotopic (exact) mass is 231 g/mol. The second kappa shape index (κ2) is 5.57. The van der Waals surface area contributed by atoms with Gasteiger partial charge in [-0.05, 0) is 0 Å². The van der Waals surface area contributed by atoms with E-state index in [1.807, 2.05) is 0 Å². The van der Waals surface area contributed by atoms with Crippen LogP contribution in [0.25, 0.3) is 0 Å². The van der Waals surface area contributed by atoms with E-state index in [1.54, 1.807) is 0 Å². The Kier molecular flexibility index (Phi) is 4.39. The Morgan fingerprint density at radius 2 is 2.06 bits per heavy atom. The van der Waals surface area contributed by atoms with E-state index in [0.717, 1.165) is 4.90 Å². The topological polar surface area (TPSA) is 93.1 Å². The quantitative estimate of drug-likeness (QED) is 0.601. The van der Waals surface area contributed by atoms with E-state index >= 15 is 0 Å². The number of carboxylic acids is 1. The van der Waals surface area contributed by atoms with Gasteiger partial charge in [0, 0.05) is 20.1 Å². The highest BCUT2D eigenvalue weighted by Gasteiger charge is 2.36. The molecule has 90 valence electrons. The summed E-state index contributed by atoms with van der Waals surface area (Å²) in [6, 6.07) is -1.18. The molecule has 7 nitrogen and oxygen atoms in total. The maximum Gasteiger partial charge on any atom is 0.327 e. The van der Waals surface area contributed by atoms with Crippen molar-refractivity contribution in [3.05, 3.63) is 0 Å². The first-order valence-corrected chi connectivity index (χ1v) is 4.72. The lowest BCUT2D eigenvalue weighted by Gasteiger charge is -2.29. The number of carboxylic acid groups (broad SMARTS) is 1. The number of amides is 2. The van der Waals surface area contributed by atoms with Crippen molar-refractivity contribution in [3.63, 3.8) is 0 Å². The van der Waals surface area contributed by atoms with Gasteiger partial charge >= 0.3 is 5.97 Å². The number of ether oxygens (including phenoxy) is 2. The number of aliphatic carboxylic acids is 1. The van der Waals surface area contributed by atoms with Gasteiger partial charge in [0.2, 0.25) is 0 Å². The predicted molar refractivity (Wildman–Crippen MR) is 50.6 cm³/mol. The SMILES string of the molecule is COCCC(C(=O)O)N1C(=O)COCC1=O. The van der Waals surface area contributed by atoms with Crippen LogP contribution >= 0.6 is 0 Å². The fourth-order valence-corrected chi connectivity index (χ4v) is 1.44. The second-order valence-corrected chi connectivity index (χ2v) is 3.29. The van der Waals surface area contributed by atoms with Crippen molar-refractivity contribution >= 4 is 17.8 Å². The minimum atomic E-state index is -1.22. The van der Waals surface area contributed by atoms with Crippen molar-refractivity contribution in [1.29, 1.82) is 0 Å². The lowest BCUT2D eigenvalue weighted by molar-refractivity contribution is -0.168. The molecule has 1 aliphatic heterocycles. The van der Waals surface area contributed by atoms with Gasteiger partial charge in [-0.3, -0.25) is 14.5 Å². The highest BCUT2D eigenvalue weighted by Crippen LogP contribution is 2.10. The Hall–Kier alpha value is -1.47. The molecule has 0 aliphatic carbocycles. The zero-order chi connectivity index (χ0) is 12.1. The van der Waals surface area contributed by atoms with E-state index in [0.29, 0.717) is 0 Å². The van der Waals surface area contributed by atoms with Crippen molar-refractivity contribution in [2.45, 2.75) is 12.5 Å². The van der Waals surface area contributed by atoms with Crippen molar-refractivity contribution in [2.24, 2.45) is 0 Å². The van der Waals surface area contributed by atoms with Crippen LogP contribution < -0.4 is 0 Å². The van der Waals surface area contributed by atoms with E-state index < -0.39 is 23.8 Å². The Balaban J connectivity index is 2.78. The third kappa shape index (κ3) is 2.77. The number of carbonyl (C=O) groups excluding carboxylic acids is 2. The van der Waals surface area contributed by atoms with E-state index in [2.05, 4.69) is 0 Å². The Morgan fingerprint density at radius 1 is 1.50 bits per heavy atom. The average Bonchev–Trinajstić information content (AvgIpc) is 2.21. The summed E-state index contributed by atoms with van der Waals surface area (Å²) in [5.41, 5.74) is 0. The van der Waals surface area contributed by atoms with Gasteiger partial charge in [-0.2, -0.15) is 0 Å². The molecule has 0 aromatic heterocycles. The summed E-state index contributed by atoms with van der Waals surface area (Å²) in [5, 5.41) is 8.95. The number of nitrogens with zero attached hydrogens (tertiary/aromatic N) is 1. The normalized spacial score (nSPS) is 18.7. The van der Waals surface area contributed by atoms with Crippen molar-refractivity contribution < 1.29 is 29.0 Å². The number of morpholine rings is 1. The molecule has 1 saturated heterocycles. The molecule has 0 aromatic rings. The maximum atomic E-state index is 11.4. The van der Waals surface area contributed by atoms with Gasteiger partial charge in [0.15, 0.2) is 0 Å². The molecule has 2 amide bonds. The molecule has 16 heavy (non-hydrogen) atoms. The lowest BCUT2D eigenvalue weighted by atomic mass is 10.1. The number of hydrogen-bond donors (Lipinski definition) is 1. The van der Waals surface area contributed by atoms with Crippen LogP contribution in [0.2, 0.25) is 0 Å². The fourth-order valence-electron chi connectivity index (χ4n) is 1.44. The largest absolute Gasteiger partial charge is 0.480 e. The van der Waals surface area contributed by atoms with E-state index in [9.17, 15) is 14.4 Å². The van der Waals surface area contributed by atoms with Crippen LogP contribution in [0, 0.1) is 0 Å². The summed E-state index contributed by atoms with van der Waals surface area (Å²) < 4.78 is 9.43. The van der Waals surface area contributed by atoms with Gasteiger partial charge in [0.25, 0.3) is 11.8 Å². The molecule has 7 heteroatoms. The molecule has 1 N–H and O–H groups in total. The summed E-state index contributed by atoms with van der Waals surface area (Å²) >= 11 is 0. The number of imide groups is 1. The molecule has 1 heterocycles. The molecule has 1 rings (SSSR count). The number of methoxy groups -OCH3 is 1. The molecule has 0 radical (unpaired) electrons. The molecule has 1 atom stereocenters. The van der Waals surface area contributed by atoms with Crippen LogP contribution in [-0.2, 0) is 23.9 Å². The summed E-state index contributed by atoms with van der Waals surface area (Å²) in [7, 11) is 1.42. The minimum Gasteiger partial charge on any atom is -0.480 e. The zero-order valence-corrected chi connectivity index (χ0v) is 8.84. The Labute approximate surface area is 91.9 Å². The standard InChI is InChI=1S/C9H13NO6/c1-15-3-2-6(9(13)14)10-7(11)4-16-5-8(10)12/h6H,2-5H2,1H3,(H,13,14). The first kappa shape index (κ1) is 12.6. The van der Waals surface area contributed by atoms with Gasteiger partial charge in [-0.1, -0.05) is 0 Å². The first-order valence-electron chi connectivity index (χ1n) is 4.72. The van der Waals surface area contributed by atoms with Gasteiger partial charge < -0.3 is 14.6 Å². The molecule has 1 aliphatic rings. The van der Waals surface area contributed by atoms with Crippen molar-refractivity contribution in [3.8, 4) is 0 Å². The highest BCUT2D eigenvalue weighted by atomic mass is 16.5. The van der Waals surface area contributed by atoms with Gasteiger partial charge in [-0.25, -0.2) is 4.79 Å². The van der Waals surface area contributed by atoms with Crippen LogP contribution in [0.1, 0.15) is 6.42 Å². The zero-order valence-electron chi connectivity index (χ0n) is 8.84. The molecule has 0 spiro atoms. The van der Waals surface area contributed by atoms with Crippen LogP contribution in [-0.4, -0.2) is 60.8 Å². The first-order chi connectivity index (χ1) is 7.57. The maximum absolute atomic E-state index is 11.4. The van der Waals surface area contributed by atoms with Gasteiger partial charge in [0.1, 0.15) is 19.3 Å². The van der Waals surface area contributed by atoms with Gasteiger partial charge in [0.05, 0.1) is 0 Å². The summed E-state index contributed by atoms with van der Waals surface area (Å²) in [6.07, 6.45) is 0.0727. The molecule has 1 unspecified atom stereocenters. The van der Waals surface area contributed by atoms with Crippen molar-refractivity contribution in [2.75, 3.05) is 26.9 Å². The molecular weight excluding hydrogens is 218 g/mol. The van der Waals surface area contributed by atoms with Gasteiger partial charge in [-0.15, -0.1) is 0 Å². The van der Waals surface area contributed by atoms with Crippen LogP contribution in [0.5, 0.6) is 0 Å². The second-order valence-electron chi connectivity index (χ2n) is 3.29. The Bertz CT molecular complexity index is 286. The molecule has 0 saturated carbocycles. The molecule has 1 fully saturated rings. The summed E-state index contributed by atoms with van der Waals surface area (Å²) in [6.45, 7) is -0.361. The van der Waals surface area contributed by atoms with Crippen LogP contribution in [0.3, 0.4) is 0 Å². The fraction of sp³-hybridized carbons (Fsp3) is 0.667. The third-order valence-electron chi connectivity index (χ3n) is 2.18. The number of hydrogen-bond acceptors (Lipinski definition) is 5. The molecule has 0 aromatic carbocycles. The number of carbonyl (C=O) groups is 3. The summed E-state index contributed by atoms with van der Waals surface area (Å²) in [4.78, 5) is 34.5. The lowest BCUT2D eigenvalue weighted by Crippen LogP contribution is -2.54. The molecule has 0 bridgehead atoms. The van der Waals surface area contributed by atoms with E-state index in [1.165, 1.54) is 7.11 Å². The summed E-state index contributed by atoms with van der Waals surface area (Å²) in [5.74, 6) is -2.47. The minimum absolute atomic E-state index is 0.0727. The number of rotatable bonds is 5. The van der Waals surface area contributed by atoms with Crippen LogP contribution in [0.15, 0.2) is 0 Å². The predicted octanol–water partition coefficient (Wildman–Crippen LogP) is -1.14. The average molecular weight is 231 g/mol.